The predicted octanol–water partition coefficient (Wildman–Crippen LogP) is 1.10. The summed E-state index contributed by atoms with van der Waals surface area (Å²) in [7, 11) is 0. The van der Waals surface area contributed by atoms with Gasteiger partial charge in [-0.05, 0) is 22.9 Å². The molecule has 0 bridgehead atoms. The Kier molecular flexibility index (Phi) is 7.49. The molecule has 0 aromatic carbocycles. The van der Waals surface area contributed by atoms with Crippen LogP contribution in [0.15, 0.2) is 0 Å². The Hall–Kier alpha value is -1.18. The van der Waals surface area contributed by atoms with E-state index in [0.717, 1.165) is 13.8 Å². The molecule has 0 amide bonds. The summed E-state index contributed by atoms with van der Waals surface area (Å²) < 4.78 is 27.4. The van der Waals surface area contributed by atoms with Crippen LogP contribution >= 0.6 is 15.9 Å². The fourth-order valence-electron chi connectivity index (χ4n) is 1.24. The first-order valence-electron chi connectivity index (χ1n) is 5.01. The minimum Gasteiger partial charge on any atom is -0.461 e. The summed E-state index contributed by atoms with van der Waals surface area (Å²) in [5, 5.41) is -1.77. The van der Waals surface area contributed by atoms with Crippen molar-refractivity contribution < 1.29 is 33.0 Å². The Bertz CT molecular complexity index is 309. The zero-order valence-electron chi connectivity index (χ0n) is 10.1. The van der Waals surface area contributed by atoms with Crippen molar-refractivity contribution in [3.8, 4) is 0 Å². The molecule has 0 saturated heterocycles. The van der Waals surface area contributed by atoms with Crippen molar-refractivity contribution in [2.24, 2.45) is 0 Å². The number of alkyl halides is 2. The van der Waals surface area contributed by atoms with Gasteiger partial charge < -0.3 is 14.2 Å². The summed E-state index contributed by atoms with van der Waals surface area (Å²) in [6, 6.07) is 0. The van der Waals surface area contributed by atoms with Crippen LogP contribution in [-0.2, 0) is 28.6 Å². The van der Waals surface area contributed by atoms with Gasteiger partial charge in [-0.3, -0.25) is 14.4 Å². The van der Waals surface area contributed by atoms with Crippen LogP contribution in [0.2, 0.25) is 0 Å². The molecular formula is C10H14BrFO6. The van der Waals surface area contributed by atoms with Gasteiger partial charge in [-0.2, -0.15) is 0 Å². The monoisotopic (exact) mass is 328 g/mol. The van der Waals surface area contributed by atoms with E-state index >= 15 is 0 Å². The van der Waals surface area contributed by atoms with E-state index in [-0.39, 0.29) is 6.47 Å². The maximum Gasteiger partial charge on any atom is 0.303 e. The molecule has 0 radical (unpaired) electrons. The van der Waals surface area contributed by atoms with Gasteiger partial charge in [-0.1, -0.05) is 0 Å². The topological polar surface area (TPSA) is 78.9 Å². The average molecular weight is 329 g/mol. The van der Waals surface area contributed by atoms with E-state index in [9.17, 15) is 18.8 Å². The summed E-state index contributed by atoms with van der Waals surface area (Å²) >= 11 is 2.60. The highest BCUT2D eigenvalue weighted by atomic mass is 79.9. The lowest BCUT2D eigenvalue weighted by molar-refractivity contribution is -0.180. The van der Waals surface area contributed by atoms with Crippen LogP contribution in [0, 0.1) is 0 Å². The highest BCUT2D eigenvalue weighted by Crippen LogP contribution is 2.21. The van der Waals surface area contributed by atoms with Crippen LogP contribution in [0.1, 0.15) is 20.8 Å². The van der Waals surface area contributed by atoms with E-state index in [0.29, 0.717) is 0 Å². The Balaban J connectivity index is 5.00. The van der Waals surface area contributed by atoms with Crippen molar-refractivity contribution in [1.29, 1.82) is 0 Å². The van der Waals surface area contributed by atoms with Gasteiger partial charge in [0.15, 0.2) is 17.3 Å². The summed E-state index contributed by atoms with van der Waals surface area (Å²) in [6.07, 6.45) is -3.63. The molecule has 0 saturated carbocycles. The molecule has 104 valence electrons. The van der Waals surface area contributed by atoms with E-state index in [4.69, 9.17) is 9.47 Å². The van der Waals surface area contributed by atoms with Crippen LogP contribution in [0.3, 0.4) is 0 Å². The van der Waals surface area contributed by atoms with Gasteiger partial charge in [0.25, 0.3) is 6.47 Å². The van der Waals surface area contributed by atoms with Crippen molar-refractivity contribution in [3.63, 3.8) is 0 Å². The standard InChI is InChI=1S/C10H14BrFO6/c1-5(16-4-13)8(17-6(2)14)9(10(11)12)18-7(3)15/h4-5,8-10H,1-3H3/t5-,8-,9+,10?/m0/s1. The van der Waals surface area contributed by atoms with E-state index in [1.165, 1.54) is 6.92 Å². The molecule has 0 aromatic rings. The van der Waals surface area contributed by atoms with Crippen molar-refractivity contribution in [2.75, 3.05) is 0 Å². The van der Waals surface area contributed by atoms with Crippen LogP contribution in [0.25, 0.3) is 0 Å². The molecule has 0 rings (SSSR count). The first-order chi connectivity index (χ1) is 8.29. The van der Waals surface area contributed by atoms with Crippen LogP contribution < -0.4 is 0 Å². The summed E-state index contributed by atoms with van der Waals surface area (Å²) in [5.74, 6) is -1.47. The van der Waals surface area contributed by atoms with E-state index in [1.807, 2.05) is 0 Å². The molecule has 4 atom stereocenters. The van der Waals surface area contributed by atoms with Crippen molar-refractivity contribution in [2.45, 2.75) is 44.2 Å². The molecular weight excluding hydrogens is 315 g/mol. The maximum atomic E-state index is 13.3. The van der Waals surface area contributed by atoms with Gasteiger partial charge in [0.1, 0.15) is 6.10 Å². The van der Waals surface area contributed by atoms with E-state index in [2.05, 4.69) is 20.7 Å². The zero-order valence-corrected chi connectivity index (χ0v) is 11.7. The van der Waals surface area contributed by atoms with Gasteiger partial charge in [-0.15, -0.1) is 0 Å². The van der Waals surface area contributed by atoms with Crippen molar-refractivity contribution in [3.05, 3.63) is 0 Å². The molecule has 8 heteroatoms. The number of carbonyl (C=O) groups is 3. The van der Waals surface area contributed by atoms with Crippen LogP contribution in [-0.4, -0.2) is 41.8 Å². The Labute approximate surface area is 112 Å². The largest absolute Gasteiger partial charge is 0.461 e. The van der Waals surface area contributed by atoms with Gasteiger partial charge in [0, 0.05) is 13.8 Å². The highest BCUT2D eigenvalue weighted by Gasteiger charge is 2.38. The molecule has 18 heavy (non-hydrogen) atoms. The average Bonchev–Trinajstić information content (AvgIpc) is 2.22. The molecule has 0 fully saturated rings. The molecule has 0 heterocycles. The number of carbonyl (C=O) groups excluding carboxylic acids is 3. The Morgan fingerprint density at radius 3 is 1.94 bits per heavy atom. The summed E-state index contributed by atoms with van der Waals surface area (Å²) in [5.41, 5.74) is 0. The second-order valence-corrected chi connectivity index (χ2v) is 4.29. The van der Waals surface area contributed by atoms with E-state index < -0.39 is 35.3 Å². The number of halogens is 2. The fourth-order valence-corrected chi connectivity index (χ4v) is 1.65. The molecule has 0 spiro atoms. The highest BCUT2D eigenvalue weighted by molar-refractivity contribution is 9.09. The minimum atomic E-state index is -1.77. The summed E-state index contributed by atoms with van der Waals surface area (Å²) in [4.78, 5) is 32.0. The third-order valence-corrected chi connectivity index (χ3v) is 2.43. The van der Waals surface area contributed by atoms with Gasteiger partial charge in [-0.25, -0.2) is 4.39 Å². The predicted molar refractivity (Wildman–Crippen MR) is 61.5 cm³/mol. The minimum absolute atomic E-state index is 0.132. The number of esters is 2. The van der Waals surface area contributed by atoms with Gasteiger partial charge >= 0.3 is 11.9 Å². The van der Waals surface area contributed by atoms with Gasteiger partial charge in [0.2, 0.25) is 0 Å². The normalized spacial score (nSPS) is 16.9. The second-order valence-electron chi connectivity index (χ2n) is 3.42. The maximum absolute atomic E-state index is 13.3. The molecule has 0 N–H and O–H groups in total. The SMILES string of the molecule is CC(=O)O[C@@H]([C@H](C)OC=O)[C@@H](OC(C)=O)C(F)Br. The van der Waals surface area contributed by atoms with Gasteiger partial charge in [0.05, 0.1) is 0 Å². The first kappa shape index (κ1) is 16.8. The number of rotatable bonds is 7. The Morgan fingerprint density at radius 2 is 1.61 bits per heavy atom. The lowest BCUT2D eigenvalue weighted by Crippen LogP contribution is -2.46. The number of hydrogen-bond donors (Lipinski definition) is 0. The lowest BCUT2D eigenvalue weighted by atomic mass is 10.1. The van der Waals surface area contributed by atoms with Crippen molar-refractivity contribution >= 4 is 34.3 Å². The van der Waals surface area contributed by atoms with Crippen LogP contribution in [0.5, 0.6) is 0 Å². The second kappa shape index (κ2) is 8.02. The molecule has 1 unspecified atom stereocenters. The fraction of sp³-hybridized carbons (Fsp3) is 0.700. The van der Waals surface area contributed by atoms with E-state index in [1.54, 1.807) is 0 Å². The molecule has 0 aliphatic rings. The molecule has 0 aromatic heterocycles. The Morgan fingerprint density at radius 1 is 1.17 bits per heavy atom. The molecule has 6 nitrogen and oxygen atoms in total. The summed E-state index contributed by atoms with van der Waals surface area (Å²) in [6.45, 7) is 3.70. The van der Waals surface area contributed by atoms with Crippen molar-refractivity contribution in [1.82, 2.24) is 0 Å². The number of hydrogen-bond acceptors (Lipinski definition) is 6. The number of ether oxygens (including phenoxy) is 3. The smallest absolute Gasteiger partial charge is 0.303 e. The zero-order chi connectivity index (χ0) is 14.3. The van der Waals surface area contributed by atoms with Crippen LogP contribution in [0.4, 0.5) is 4.39 Å². The lowest BCUT2D eigenvalue weighted by Gasteiger charge is -2.29. The molecule has 0 aliphatic carbocycles. The third-order valence-electron chi connectivity index (χ3n) is 1.91. The first-order valence-corrected chi connectivity index (χ1v) is 5.92. The molecule has 0 aliphatic heterocycles. The third kappa shape index (κ3) is 5.95. The quantitative estimate of drug-likeness (QED) is 0.301.